The zero-order valence-corrected chi connectivity index (χ0v) is 14.5. The summed E-state index contributed by atoms with van der Waals surface area (Å²) in [6.45, 7) is 9.00. The lowest BCUT2D eigenvalue weighted by molar-refractivity contribution is 0.292. The quantitative estimate of drug-likeness (QED) is 0.673. The van der Waals surface area contributed by atoms with E-state index >= 15 is 0 Å². The third-order valence-electron chi connectivity index (χ3n) is 5.42. The van der Waals surface area contributed by atoms with Gasteiger partial charge in [0.2, 0.25) is 5.90 Å². The number of nitrogens with zero attached hydrogens (tertiary/aromatic N) is 1. The van der Waals surface area contributed by atoms with Crippen molar-refractivity contribution < 1.29 is 4.74 Å². The lowest BCUT2D eigenvalue weighted by atomic mass is 9.77. The average Bonchev–Trinajstić information content (AvgIpc) is 3.06. The lowest BCUT2D eigenvalue weighted by Gasteiger charge is -2.28. The van der Waals surface area contributed by atoms with Crippen LogP contribution < -0.4 is 0 Å². The zero-order valence-electron chi connectivity index (χ0n) is 14.5. The Hall–Kier alpha value is -1.57. The normalized spacial score (nSPS) is 27.6. The molecule has 0 bridgehead atoms. The molecule has 2 nitrogen and oxygen atoms in total. The molecule has 0 spiro atoms. The topological polar surface area (TPSA) is 21.6 Å². The van der Waals surface area contributed by atoms with Gasteiger partial charge in [-0.3, -0.25) is 0 Å². The molecule has 1 aliphatic carbocycles. The van der Waals surface area contributed by atoms with Gasteiger partial charge in [-0.1, -0.05) is 32.1 Å². The van der Waals surface area contributed by atoms with Crippen LogP contribution in [0, 0.1) is 11.8 Å². The molecule has 2 heteroatoms. The SMILES string of the molecule is C=CC[C@H]1CC[C@H](c2ccc(C3=N[C@@H](C(C)C)CO3)cc2)CC1. The molecule has 0 N–H and O–H groups in total. The first-order valence-corrected chi connectivity index (χ1v) is 9.09. The van der Waals surface area contributed by atoms with Crippen LogP contribution in [0.25, 0.3) is 0 Å². The molecule has 1 aliphatic heterocycles. The summed E-state index contributed by atoms with van der Waals surface area (Å²) in [5, 5.41) is 0. The predicted octanol–water partition coefficient (Wildman–Crippen LogP) is 5.34. The molecule has 1 atom stereocenters. The van der Waals surface area contributed by atoms with E-state index in [1.165, 1.54) is 37.7 Å². The van der Waals surface area contributed by atoms with Gasteiger partial charge < -0.3 is 4.74 Å². The molecule has 0 aromatic heterocycles. The molecule has 1 fully saturated rings. The number of hydrogen-bond donors (Lipinski definition) is 0. The van der Waals surface area contributed by atoms with Gasteiger partial charge in [-0.05, 0) is 67.6 Å². The Labute approximate surface area is 140 Å². The van der Waals surface area contributed by atoms with Gasteiger partial charge in [-0.25, -0.2) is 4.99 Å². The Morgan fingerprint density at radius 2 is 1.87 bits per heavy atom. The second-order valence-electron chi connectivity index (χ2n) is 7.42. The van der Waals surface area contributed by atoms with Crippen LogP contribution in [0.5, 0.6) is 0 Å². The highest BCUT2D eigenvalue weighted by Gasteiger charge is 2.24. The summed E-state index contributed by atoms with van der Waals surface area (Å²) in [6, 6.07) is 9.24. The van der Waals surface area contributed by atoms with Crippen molar-refractivity contribution in [2.24, 2.45) is 16.8 Å². The highest BCUT2D eigenvalue weighted by Crippen LogP contribution is 2.37. The Kier molecular flexibility index (Phi) is 5.20. The van der Waals surface area contributed by atoms with Crippen LogP contribution in [0.15, 0.2) is 41.9 Å². The molecule has 124 valence electrons. The minimum Gasteiger partial charge on any atom is -0.475 e. The van der Waals surface area contributed by atoms with E-state index in [2.05, 4.69) is 50.8 Å². The van der Waals surface area contributed by atoms with E-state index in [1.807, 2.05) is 0 Å². The van der Waals surface area contributed by atoms with Crippen LogP contribution in [0.3, 0.4) is 0 Å². The van der Waals surface area contributed by atoms with Crippen molar-refractivity contribution in [3.8, 4) is 0 Å². The van der Waals surface area contributed by atoms with Gasteiger partial charge in [0.1, 0.15) is 6.61 Å². The molecule has 1 aromatic carbocycles. The van der Waals surface area contributed by atoms with Crippen molar-refractivity contribution in [2.75, 3.05) is 6.61 Å². The number of rotatable bonds is 5. The Morgan fingerprint density at radius 3 is 2.43 bits per heavy atom. The Morgan fingerprint density at radius 1 is 1.17 bits per heavy atom. The molecule has 1 heterocycles. The molecule has 0 radical (unpaired) electrons. The van der Waals surface area contributed by atoms with E-state index in [9.17, 15) is 0 Å². The van der Waals surface area contributed by atoms with Crippen LogP contribution in [0.2, 0.25) is 0 Å². The molecule has 3 rings (SSSR count). The van der Waals surface area contributed by atoms with Crippen LogP contribution in [0.1, 0.15) is 63.0 Å². The third kappa shape index (κ3) is 3.85. The van der Waals surface area contributed by atoms with Gasteiger partial charge in [0, 0.05) is 5.56 Å². The first kappa shape index (κ1) is 16.3. The van der Waals surface area contributed by atoms with Crippen molar-refractivity contribution in [3.05, 3.63) is 48.0 Å². The molecule has 2 aliphatic rings. The standard InChI is InChI=1S/C21H29NO/c1-4-5-16-6-8-17(9-7-16)18-10-12-19(13-11-18)21-22-20(14-23-21)15(2)3/h4,10-13,15-17,20H,1,5-9,14H2,2-3H3/t16-,17-,20-/m1/s1. The number of ether oxygens (including phenoxy) is 1. The van der Waals surface area contributed by atoms with Gasteiger partial charge >= 0.3 is 0 Å². The molecular weight excluding hydrogens is 282 g/mol. The molecule has 0 unspecified atom stereocenters. The summed E-state index contributed by atoms with van der Waals surface area (Å²) in [6.07, 6.45) is 8.55. The first-order chi connectivity index (χ1) is 11.2. The maximum atomic E-state index is 5.78. The fourth-order valence-corrected chi connectivity index (χ4v) is 3.75. The van der Waals surface area contributed by atoms with E-state index < -0.39 is 0 Å². The molecule has 23 heavy (non-hydrogen) atoms. The first-order valence-electron chi connectivity index (χ1n) is 9.09. The summed E-state index contributed by atoms with van der Waals surface area (Å²) in [5.41, 5.74) is 2.60. The van der Waals surface area contributed by atoms with Gasteiger partial charge in [0.25, 0.3) is 0 Å². The summed E-state index contributed by atoms with van der Waals surface area (Å²) in [5.74, 6) is 2.94. The van der Waals surface area contributed by atoms with Gasteiger partial charge in [0.15, 0.2) is 0 Å². The third-order valence-corrected chi connectivity index (χ3v) is 5.42. The minimum absolute atomic E-state index is 0.310. The van der Waals surface area contributed by atoms with Crippen LogP contribution in [-0.4, -0.2) is 18.5 Å². The van der Waals surface area contributed by atoms with E-state index in [4.69, 9.17) is 9.73 Å². The van der Waals surface area contributed by atoms with E-state index in [0.29, 0.717) is 12.0 Å². The van der Waals surface area contributed by atoms with E-state index in [0.717, 1.165) is 29.9 Å². The highest BCUT2D eigenvalue weighted by molar-refractivity contribution is 5.95. The van der Waals surface area contributed by atoms with Crippen molar-refractivity contribution in [1.82, 2.24) is 0 Å². The molecule has 1 saturated carbocycles. The van der Waals surface area contributed by atoms with E-state index in [1.54, 1.807) is 0 Å². The molecule has 0 amide bonds. The number of allylic oxidation sites excluding steroid dienone is 1. The minimum atomic E-state index is 0.310. The number of aliphatic imine (C=N–C) groups is 1. The summed E-state index contributed by atoms with van der Waals surface area (Å²) < 4.78 is 5.78. The lowest BCUT2D eigenvalue weighted by Crippen LogP contribution is -2.13. The fraction of sp³-hybridized carbons (Fsp3) is 0.571. The largest absolute Gasteiger partial charge is 0.475 e. The van der Waals surface area contributed by atoms with Crippen molar-refractivity contribution in [3.63, 3.8) is 0 Å². The van der Waals surface area contributed by atoms with E-state index in [-0.39, 0.29) is 0 Å². The summed E-state index contributed by atoms with van der Waals surface area (Å²) >= 11 is 0. The number of hydrogen-bond acceptors (Lipinski definition) is 2. The zero-order chi connectivity index (χ0) is 16.2. The van der Waals surface area contributed by atoms with Crippen LogP contribution in [-0.2, 0) is 4.74 Å². The second kappa shape index (κ2) is 7.33. The van der Waals surface area contributed by atoms with Gasteiger partial charge in [0.05, 0.1) is 6.04 Å². The molecule has 0 saturated heterocycles. The predicted molar refractivity (Wildman–Crippen MR) is 97.1 cm³/mol. The van der Waals surface area contributed by atoms with Crippen LogP contribution >= 0.6 is 0 Å². The fourth-order valence-electron chi connectivity index (χ4n) is 3.75. The highest BCUT2D eigenvalue weighted by atomic mass is 16.5. The molecule has 1 aromatic rings. The van der Waals surface area contributed by atoms with Gasteiger partial charge in [-0.15, -0.1) is 6.58 Å². The van der Waals surface area contributed by atoms with Crippen molar-refractivity contribution in [2.45, 2.75) is 57.9 Å². The monoisotopic (exact) mass is 311 g/mol. The van der Waals surface area contributed by atoms with Crippen molar-refractivity contribution >= 4 is 5.90 Å². The van der Waals surface area contributed by atoms with Crippen LogP contribution in [0.4, 0.5) is 0 Å². The van der Waals surface area contributed by atoms with Gasteiger partial charge in [-0.2, -0.15) is 0 Å². The second-order valence-corrected chi connectivity index (χ2v) is 7.42. The Balaban J connectivity index is 1.62. The maximum Gasteiger partial charge on any atom is 0.216 e. The smallest absolute Gasteiger partial charge is 0.216 e. The maximum absolute atomic E-state index is 5.78. The molecular formula is C21H29NO. The number of benzene rings is 1. The summed E-state index contributed by atoms with van der Waals surface area (Å²) in [7, 11) is 0. The van der Waals surface area contributed by atoms with Crippen molar-refractivity contribution in [1.29, 1.82) is 0 Å². The summed E-state index contributed by atoms with van der Waals surface area (Å²) in [4.78, 5) is 4.72. The average molecular weight is 311 g/mol. The Bertz CT molecular complexity index is 550.